The number of hydrogen-bond donors (Lipinski definition) is 0. The molecule has 0 N–H and O–H groups in total. The molecule has 0 saturated heterocycles. The second-order valence-electron chi connectivity index (χ2n) is 15.5. The van der Waals surface area contributed by atoms with Gasteiger partial charge in [-0.15, -0.1) is 0 Å². The lowest BCUT2D eigenvalue weighted by Crippen LogP contribution is -2.06. The fourth-order valence-electron chi connectivity index (χ4n) is 8.85. The Morgan fingerprint density at radius 2 is 0.726 bits per heavy atom. The normalized spacial score (nSPS) is 11.5. The fourth-order valence-corrected chi connectivity index (χ4v) is 8.85. The maximum atomic E-state index is 5.17. The SMILES string of the molecule is c1ccc(-c2cccc(-c3cccc(-c4ccc(-n5c6ccccc6c6cc7c(cc65)c5ccccc5n7-c5nc(-c6ccccc6)nc(-c6ccccc6)n5)cc4)n3)c2)cc1. The number of para-hydroxylation sites is 2. The molecule has 4 heterocycles. The Balaban J connectivity index is 0.996. The lowest BCUT2D eigenvalue weighted by atomic mass is 10.0. The molecule has 0 bridgehead atoms. The zero-order chi connectivity index (χ0) is 41.0. The summed E-state index contributed by atoms with van der Waals surface area (Å²) in [5.74, 6) is 1.82. The highest BCUT2D eigenvalue weighted by Crippen LogP contribution is 2.40. The topological polar surface area (TPSA) is 61.4 Å². The van der Waals surface area contributed by atoms with Crippen molar-refractivity contribution in [2.24, 2.45) is 0 Å². The molecular weight excluding hydrogens is 757 g/mol. The average molecular weight is 793 g/mol. The zero-order valence-electron chi connectivity index (χ0n) is 33.5. The predicted molar refractivity (Wildman–Crippen MR) is 253 cm³/mol. The number of fused-ring (bicyclic) bond motifs is 6. The monoisotopic (exact) mass is 792 g/mol. The maximum absolute atomic E-state index is 5.17. The molecule has 12 aromatic rings. The van der Waals surface area contributed by atoms with Gasteiger partial charge in [-0.25, -0.2) is 9.97 Å². The van der Waals surface area contributed by atoms with E-state index in [1.807, 2.05) is 66.7 Å². The summed E-state index contributed by atoms with van der Waals surface area (Å²) in [6.45, 7) is 0. The maximum Gasteiger partial charge on any atom is 0.238 e. The van der Waals surface area contributed by atoms with E-state index in [0.717, 1.165) is 77.6 Å². The minimum Gasteiger partial charge on any atom is -0.309 e. The highest BCUT2D eigenvalue weighted by atomic mass is 15.2. The first kappa shape index (κ1) is 35.5. The zero-order valence-corrected chi connectivity index (χ0v) is 33.5. The van der Waals surface area contributed by atoms with Gasteiger partial charge in [0.1, 0.15) is 0 Å². The molecular formula is C56H36N6. The highest BCUT2D eigenvalue weighted by Gasteiger charge is 2.21. The Hall–Kier alpha value is -8.48. The number of aromatic nitrogens is 6. The van der Waals surface area contributed by atoms with Crippen molar-refractivity contribution in [1.82, 2.24) is 29.1 Å². The van der Waals surface area contributed by atoms with E-state index >= 15 is 0 Å². The first-order chi connectivity index (χ1) is 30.7. The molecule has 0 atom stereocenters. The van der Waals surface area contributed by atoms with Crippen LogP contribution in [-0.2, 0) is 0 Å². The van der Waals surface area contributed by atoms with Crippen LogP contribution in [0, 0.1) is 0 Å². The van der Waals surface area contributed by atoms with E-state index in [0.29, 0.717) is 17.6 Å². The molecule has 0 amide bonds. The van der Waals surface area contributed by atoms with Crippen LogP contribution in [0.1, 0.15) is 0 Å². The summed E-state index contributed by atoms with van der Waals surface area (Å²) in [5.41, 5.74) is 13.6. The second kappa shape index (κ2) is 14.7. The van der Waals surface area contributed by atoms with Crippen molar-refractivity contribution >= 4 is 43.6 Å². The molecule has 0 saturated carbocycles. The highest BCUT2D eigenvalue weighted by molar-refractivity contribution is 6.19. The lowest BCUT2D eigenvalue weighted by molar-refractivity contribution is 0.954. The third-order valence-corrected chi connectivity index (χ3v) is 11.8. The Morgan fingerprint density at radius 3 is 1.34 bits per heavy atom. The molecule has 0 spiro atoms. The van der Waals surface area contributed by atoms with E-state index < -0.39 is 0 Å². The molecule has 0 aliphatic heterocycles. The van der Waals surface area contributed by atoms with Crippen molar-refractivity contribution in [3.63, 3.8) is 0 Å². The van der Waals surface area contributed by atoms with Gasteiger partial charge in [0.05, 0.1) is 33.5 Å². The Kier molecular flexibility index (Phi) is 8.38. The molecule has 0 unspecified atom stereocenters. The van der Waals surface area contributed by atoms with Gasteiger partial charge in [0.15, 0.2) is 11.6 Å². The number of hydrogen-bond acceptors (Lipinski definition) is 4. The van der Waals surface area contributed by atoms with Crippen molar-refractivity contribution in [3.8, 4) is 68.1 Å². The first-order valence-corrected chi connectivity index (χ1v) is 20.8. The van der Waals surface area contributed by atoms with Crippen LogP contribution < -0.4 is 0 Å². The minimum absolute atomic E-state index is 0.573. The standard InChI is InChI=1S/C56H36N6/c1-4-16-37(17-5-1)41-22-14-23-42(34-41)49-27-15-26-48(57-49)38-30-32-43(33-31-38)61-50-28-12-10-24-44(50)46-36-53-47(35-52(46)61)45-25-11-13-29-51(45)62(53)56-59-54(39-18-6-2-7-19-39)58-55(60-56)40-20-8-3-9-21-40/h1-36H. The summed E-state index contributed by atoms with van der Waals surface area (Å²) in [4.78, 5) is 20.5. The van der Waals surface area contributed by atoms with Gasteiger partial charge < -0.3 is 4.57 Å². The quantitative estimate of drug-likeness (QED) is 0.161. The number of rotatable bonds is 7. The predicted octanol–water partition coefficient (Wildman–Crippen LogP) is 13.8. The second-order valence-corrected chi connectivity index (χ2v) is 15.5. The summed E-state index contributed by atoms with van der Waals surface area (Å²) in [5, 5.41) is 4.56. The number of pyridine rings is 1. The van der Waals surface area contributed by atoms with Crippen LogP contribution in [0.4, 0.5) is 0 Å². The van der Waals surface area contributed by atoms with Crippen molar-refractivity contribution in [2.75, 3.05) is 0 Å². The van der Waals surface area contributed by atoms with Crippen molar-refractivity contribution in [2.45, 2.75) is 0 Å². The molecule has 0 fully saturated rings. The largest absolute Gasteiger partial charge is 0.309 e. The van der Waals surface area contributed by atoms with E-state index in [1.54, 1.807) is 0 Å². The summed E-state index contributed by atoms with van der Waals surface area (Å²) in [6.07, 6.45) is 0. The summed E-state index contributed by atoms with van der Waals surface area (Å²) in [7, 11) is 0. The van der Waals surface area contributed by atoms with E-state index in [1.165, 1.54) is 16.5 Å². The summed E-state index contributed by atoms with van der Waals surface area (Å²) in [6, 6.07) is 76.2. The number of benzene rings is 8. The fraction of sp³-hybridized carbons (Fsp3) is 0. The van der Waals surface area contributed by atoms with Gasteiger partial charge in [-0.1, -0.05) is 164 Å². The van der Waals surface area contributed by atoms with Crippen LogP contribution in [0.2, 0.25) is 0 Å². The van der Waals surface area contributed by atoms with Crippen LogP contribution in [0.3, 0.4) is 0 Å². The molecule has 0 aliphatic carbocycles. The molecule has 6 heteroatoms. The molecule has 290 valence electrons. The Morgan fingerprint density at radius 1 is 0.258 bits per heavy atom. The van der Waals surface area contributed by atoms with Crippen molar-refractivity contribution in [3.05, 3.63) is 218 Å². The van der Waals surface area contributed by atoms with Crippen molar-refractivity contribution < 1.29 is 0 Å². The van der Waals surface area contributed by atoms with Crippen LogP contribution >= 0.6 is 0 Å². The van der Waals surface area contributed by atoms with Gasteiger partial charge in [0, 0.05) is 49.5 Å². The van der Waals surface area contributed by atoms with Crippen LogP contribution in [0.15, 0.2) is 218 Å². The van der Waals surface area contributed by atoms with Gasteiger partial charge in [0.2, 0.25) is 5.95 Å². The van der Waals surface area contributed by atoms with E-state index in [-0.39, 0.29) is 0 Å². The smallest absolute Gasteiger partial charge is 0.238 e. The molecule has 8 aromatic carbocycles. The lowest BCUT2D eigenvalue weighted by Gasteiger charge is -2.11. The van der Waals surface area contributed by atoms with E-state index in [2.05, 4.69) is 161 Å². The van der Waals surface area contributed by atoms with Gasteiger partial charge in [-0.05, 0) is 65.7 Å². The molecule has 62 heavy (non-hydrogen) atoms. The van der Waals surface area contributed by atoms with Crippen LogP contribution in [0.5, 0.6) is 0 Å². The van der Waals surface area contributed by atoms with Crippen LogP contribution in [-0.4, -0.2) is 29.1 Å². The van der Waals surface area contributed by atoms with Crippen molar-refractivity contribution in [1.29, 1.82) is 0 Å². The van der Waals surface area contributed by atoms with Gasteiger partial charge in [0.25, 0.3) is 0 Å². The van der Waals surface area contributed by atoms with Gasteiger partial charge in [-0.2, -0.15) is 9.97 Å². The molecule has 6 nitrogen and oxygen atoms in total. The van der Waals surface area contributed by atoms with E-state index in [4.69, 9.17) is 19.9 Å². The average Bonchev–Trinajstić information content (AvgIpc) is 3.86. The van der Waals surface area contributed by atoms with E-state index in [9.17, 15) is 0 Å². The summed E-state index contributed by atoms with van der Waals surface area (Å²) < 4.78 is 4.58. The van der Waals surface area contributed by atoms with Crippen LogP contribution in [0.25, 0.3) is 112 Å². The molecule has 4 aromatic heterocycles. The minimum atomic E-state index is 0.573. The number of nitrogens with zero attached hydrogens (tertiary/aromatic N) is 6. The first-order valence-electron chi connectivity index (χ1n) is 20.8. The molecule has 12 rings (SSSR count). The summed E-state index contributed by atoms with van der Waals surface area (Å²) >= 11 is 0. The molecule has 0 aliphatic rings. The Labute approximate surface area is 357 Å². The van der Waals surface area contributed by atoms with Gasteiger partial charge in [-0.3, -0.25) is 4.57 Å². The molecule has 0 radical (unpaired) electrons. The third-order valence-electron chi connectivity index (χ3n) is 11.8. The Bertz CT molecular complexity index is 3550. The van der Waals surface area contributed by atoms with Gasteiger partial charge >= 0.3 is 0 Å². The third kappa shape index (κ3) is 6.04.